The Bertz CT molecular complexity index is 574. The molecule has 19 heavy (non-hydrogen) atoms. The summed E-state index contributed by atoms with van der Waals surface area (Å²) in [5.41, 5.74) is 0.572. The molecule has 1 aromatic carbocycles. The summed E-state index contributed by atoms with van der Waals surface area (Å²) in [5.74, 6) is 0.0547. The van der Waals surface area contributed by atoms with Gasteiger partial charge in [-0.25, -0.2) is 8.42 Å². The van der Waals surface area contributed by atoms with Crippen molar-refractivity contribution < 1.29 is 13.3 Å². The van der Waals surface area contributed by atoms with E-state index in [1.165, 1.54) is 18.4 Å². The maximum atomic E-state index is 11.0. The minimum absolute atomic E-state index is 0.0547. The van der Waals surface area contributed by atoms with Crippen molar-refractivity contribution in [2.45, 2.75) is 6.54 Å². The minimum atomic E-state index is -3.01. The Hall–Kier alpha value is -1.18. The van der Waals surface area contributed by atoms with Gasteiger partial charge in [0.05, 0.1) is 10.7 Å². The summed E-state index contributed by atoms with van der Waals surface area (Å²) in [4.78, 5) is 12.0. The molecule has 106 valence electrons. The lowest BCUT2D eigenvalue weighted by molar-refractivity contribution is -0.384. The van der Waals surface area contributed by atoms with Crippen LogP contribution in [-0.2, 0) is 16.4 Å². The van der Waals surface area contributed by atoms with Gasteiger partial charge in [-0.15, -0.1) is 0 Å². The van der Waals surface area contributed by atoms with Crippen molar-refractivity contribution in [1.82, 2.24) is 4.90 Å². The Morgan fingerprint density at radius 3 is 2.58 bits per heavy atom. The number of hydrogen-bond acceptors (Lipinski definition) is 5. The fourth-order valence-corrected chi connectivity index (χ4v) is 2.34. The lowest BCUT2D eigenvalue weighted by Gasteiger charge is -2.15. The Labute approximate surface area is 117 Å². The third-order valence-electron chi connectivity index (χ3n) is 2.50. The molecule has 0 amide bonds. The van der Waals surface area contributed by atoms with Gasteiger partial charge in [0.15, 0.2) is 0 Å². The molecule has 0 fully saturated rings. The molecule has 0 heterocycles. The van der Waals surface area contributed by atoms with Gasteiger partial charge in [-0.05, 0) is 18.7 Å². The topological polar surface area (TPSA) is 80.5 Å². The molecule has 6 nitrogen and oxygen atoms in total. The van der Waals surface area contributed by atoms with Crippen molar-refractivity contribution in [2.75, 3.05) is 25.6 Å². The van der Waals surface area contributed by atoms with Gasteiger partial charge in [-0.3, -0.25) is 10.1 Å². The van der Waals surface area contributed by atoms with E-state index in [0.717, 1.165) is 0 Å². The molecule has 0 aliphatic carbocycles. The van der Waals surface area contributed by atoms with Gasteiger partial charge in [0.1, 0.15) is 14.9 Å². The van der Waals surface area contributed by atoms with Crippen LogP contribution >= 0.6 is 11.6 Å². The molecular formula is C11H15ClN2O4S. The Morgan fingerprint density at radius 2 is 2.05 bits per heavy atom. The van der Waals surface area contributed by atoms with Gasteiger partial charge in [-0.1, -0.05) is 17.7 Å². The van der Waals surface area contributed by atoms with Crippen molar-refractivity contribution in [1.29, 1.82) is 0 Å². The van der Waals surface area contributed by atoms with Crippen LogP contribution in [0.15, 0.2) is 18.2 Å². The van der Waals surface area contributed by atoms with Crippen LogP contribution in [0.25, 0.3) is 0 Å². The second kappa shape index (κ2) is 6.31. The highest BCUT2D eigenvalue weighted by Gasteiger charge is 2.14. The number of hydrogen-bond donors (Lipinski definition) is 0. The highest BCUT2D eigenvalue weighted by Crippen LogP contribution is 2.25. The molecule has 0 atom stereocenters. The summed E-state index contributed by atoms with van der Waals surface area (Å²) in [5, 5.41) is 10.8. The highest BCUT2D eigenvalue weighted by molar-refractivity contribution is 7.90. The molecule has 0 saturated carbocycles. The van der Waals surface area contributed by atoms with Crippen molar-refractivity contribution in [2.24, 2.45) is 0 Å². The van der Waals surface area contributed by atoms with E-state index in [4.69, 9.17) is 11.6 Å². The summed E-state index contributed by atoms with van der Waals surface area (Å²) >= 11 is 5.71. The first kappa shape index (κ1) is 15.9. The van der Waals surface area contributed by atoms with Crippen LogP contribution in [0.3, 0.4) is 0 Å². The van der Waals surface area contributed by atoms with Crippen molar-refractivity contribution >= 4 is 27.1 Å². The number of nitrogens with zero attached hydrogens (tertiary/aromatic N) is 2. The zero-order valence-electron chi connectivity index (χ0n) is 10.7. The number of rotatable bonds is 6. The molecule has 0 aromatic heterocycles. The monoisotopic (exact) mass is 306 g/mol. The van der Waals surface area contributed by atoms with E-state index in [-0.39, 0.29) is 16.5 Å². The smallest absolute Gasteiger partial charge is 0.288 e. The summed E-state index contributed by atoms with van der Waals surface area (Å²) in [6.07, 6.45) is 1.17. The average Bonchev–Trinajstić information content (AvgIpc) is 2.28. The molecule has 1 aromatic rings. The van der Waals surface area contributed by atoms with Crippen LogP contribution in [0.4, 0.5) is 5.69 Å². The van der Waals surface area contributed by atoms with Crippen LogP contribution in [0.5, 0.6) is 0 Å². The lowest BCUT2D eigenvalue weighted by Crippen LogP contribution is -2.24. The largest absolute Gasteiger partial charge is 0.301 e. The van der Waals surface area contributed by atoms with E-state index in [1.54, 1.807) is 18.0 Å². The molecule has 0 spiro atoms. The average molecular weight is 307 g/mol. The van der Waals surface area contributed by atoms with E-state index >= 15 is 0 Å². The van der Waals surface area contributed by atoms with E-state index in [0.29, 0.717) is 18.7 Å². The fourth-order valence-electron chi connectivity index (χ4n) is 1.51. The van der Waals surface area contributed by atoms with E-state index in [2.05, 4.69) is 0 Å². The minimum Gasteiger partial charge on any atom is -0.301 e. The fraction of sp³-hybridized carbons (Fsp3) is 0.455. The zero-order chi connectivity index (χ0) is 14.6. The summed E-state index contributed by atoms with van der Waals surface area (Å²) < 4.78 is 22.1. The van der Waals surface area contributed by atoms with Gasteiger partial charge in [0.25, 0.3) is 5.69 Å². The Kier molecular flexibility index (Phi) is 5.28. The normalized spacial score (nSPS) is 11.8. The Morgan fingerprint density at radius 1 is 1.42 bits per heavy atom. The molecule has 0 radical (unpaired) electrons. The first-order valence-corrected chi connectivity index (χ1v) is 7.92. The molecule has 0 aliphatic rings. The maximum Gasteiger partial charge on any atom is 0.288 e. The zero-order valence-corrected chi connectivity index (χ0v) is 12.2. The van der Waals surface area contributed by atoms with Gasteiger partial charge in [0, 0.05) is 25.4 Å². The van der Waals surface area contributed by atoms with Crippen molar-refractivity contribution in [3.05, 3.63) is 38.9 Å². The Balaban J connectivity index is 2.72. The number of halogens is 1. The third kappa shape index (κ3) is 5.54. The first-order chi connectivity index (χ1) is 8.69. The molecular weight excluding hydrogens is 292 g/mol. The van der Waals surface area contributed by atoms with E-state index < -0.39 is 14.8 Å². The number of benzene rings is 1. The van der Waals surface area contributed by atoms with Gasteiger partial charge in [-0.2, -0.15) is 0 Å². The molecule has 0 unspecified atom stereocenters. The third-order valence-corrected chi connectivity index (χ3v) is 3.75. The van der Waals surface area contributed by atoms with Crippen LogP contribution in [0.1, 0.15) is 5.56 Å². The summed E-state index contributed by atoms with van der Waals surface area (Å²) in [6, 6.07) is 4.56. The van der Waals surface area contributed by atoms with Gasteiger partial charge in [0.2, 0.25) is 0 Å². The van der Waals surface area contributed by atoms with E-state index in [9.17, 15) is 18.5 Å². The second-order valence-electron chi connectivity index (χ2n) is 4.41. The predicted octanol–water partition coefficient (Wildman–Crippen LogP) is 1.72. The predicted molar refractivity (Wildman–Crippen MR) is 74.2 cm³/mol. The molecule has 0 saturated heterocycles. The molecule has 0 bridgehead atoms. The van der Waals surface area contributed by atoms with Crippen LogP contribution in [0.2, 0.25) is 5.02 Å². The van der Waals surface area contributed by atoms with Crippen molar-refractivity contribution in [3.63, 3.8) is 0 Å². The number of nitro groups is 1. The van der Waals surface area contributed by atoms with Gasteiger partial charge >= 0.3 is 0 Å². The van der Waals surface area contributed by atoms with Crippen LogP contribution in [0, 0.1) is 10.1 Å². The number of sulfone groups is 1. The standard InChI is InChI=1S/C11H15ClN2O4S/c1-13(5-6-19(2,17)18)8-9-3-4-10(12)11(7-9)14(15)16/h3-4,7H,5-6,8H2,1-2H3. The summed E-state index contributed by atoms with van der Waals surface area (Å²) in [7, 11) is -1.26. The van der Waals surface area contributed by atoms with Crippen molar-refractivity contribution in [3.8, 4) is 0 Å². The molecule has 8 heteroatoms. The number of nitro benzene ring substituents is 1. The van der Waals surface area contributed by atoms with Gasteiger partial charge < -0.3 is 4.90 Å². The maximum absolute atomic E-state index is 11.0. The quantitative estimate of drug-likeness (QED) is 0.590. The van der Waals surface area contributed by atoms with E-state index in [1.807, 2.05) is 0 Å². The molecule has 0 aliphatic heterocycles. The molecule has 1 rings (SSSR count). The lowest BCUT2D eigenvalue weighted by atomic mass is 10.2. The van der Waals surface area contributed by atoms with Crippen LogP contribution < -0.4 is 0 Å². The highest BCUT2D eigenvalue weighted by atomic mass is 35.5. The SMILES string of the molecule is CN(CCS(C)(=O)=O)Cc1ccc(Cl)c([N+](=O)[O-])c1. The summed E-state index contributed by atoms with van der Waals surface area (Å²) in [6.45, 7) is 0.794. The van der Waals surface area contributed by atoms with Crippen LogP contribution in [-0.4, -0.2) is 43.8 Å². The molecule has 0 N–H and O–H groups in total. The second-order valence-corrected chi connectivity index (χ2v) is 7.08. The first-order valence-electron chi connectivity index (χ1n) is 5.48.